The SMILES string of the molecule is COc1ccc(CC(=O)N=c2sc3c(C)cc(C)cc3n2CCSC)cc1C. The molecule has 28 heavy (non-hydrogen) atoms. The molecule has 0 aliphatic heterocycles. The number of methoxy groups -OCH3 is 1. The normalized spacial score (nSPS) is 12.0. The molecule has 1 amide bonds. The quantitative estimate of drug-likeness (QED) is 0.589. The Morgan fingerprint density at radius 1 is 1.18 bits per heavy atom. The summed E-state index contributed by atoms with van der Waals surface area (Å²) in [5.41, 5.74) is 5.61. The van der Waals surface area contributed by atoms with Crippen LogP contribution in [0.2, 0.25) is 0 Å². The van der Waals surface area contributed by atoms with Crippen molar-refractivity contribution < 1.29 is 9.53 Å². The van der Waals surface area contributed by atoms with Gasteiger partial charge in [-0.15, -0.1) is 0 Å². The van der Waals surface area contributed by atoms with Gasteiger partial charge in [0.15, 0.2) is 4.80 Å². The highest BCUT2D eigenvalue weighted by molar-refractivity contribution is 7.98. The smallest absolute Gasteiger partial charge is 0.252 e. The van der Waals surface area contributed by atoms with Crippen LogP contribution in [0.3, 0.4) is 0 Å². The Balaban J connectivity index is 1.99. The highest BCUT2D eigenvalue weighted by atomic mass is 32.2. The highest BCUT2D eigenvalue weighted by Gasteiger charge is 2.11. The molecule has 0 bridgehead atoms. The number of amides is 1. The Kier molecular flexibility index (Phi) is 6.62. The van der Waals surface area contributed by atoms with Gasteiger partial charge in [0.2, 0.25) is 0 Å². The maximum atomic E-state index is 12.7. The summed E-state index contributed by atoms with van der Waals surface area (Å²) >= 11 is 3.40. The van der Waals surface area contributed by atoms with Gasteiger partial charge in [0.25, 0.3) is 5.91 Å². The Bertz CT molecular complexity index is 1080. The minimum Gasteiger partial charge on any atom is -0.496 e. The molecule has 0 radical (unpaired) electrons. The van der Waals surface area contributed by atoms with Crippen LogP contribution in [0.15, 0.2) is 35.3 Å². The van der Waals surface area contributed by atoms with E-state index in [4.69, 9.17) is 4.74 Å². The number of benzene rings is 2. The molecular formula is C22H26N2O2S2. The molecule has 4 nitrogen and oxygen atoms in total. The number of fused-ring (bicyclic) bond motifs is 1. The van der Waals surface area contributed by atoms with Gasteiger partial charge >= 0.3 is 0 Å². The summed E-state index contributed by atoms with van der Waals surface area (Å²) in [5, 5.41) is 0. The van der Waals surface area contributed by atoms with Crippen molar-refractivity contribution >= 4 is 39.2 Å². The number of rotatable bonds is 6. The van der Waals surface area contributed by atoms with E-state index in [0.29, 0.717) is 6.42 Å². The molecule has 0 aliphatic carbocycles. The first kappa shape index (κ1) is 20.7. The first-order chi connectivity index (χ1) is 13.4. The van der Waals surface area contributed by atoms with Gasteiger partial charge in [-0.2, -0.15) is 16.8 Å². The Hall–Kier alpha value is -2.05. The molecule has 148 valence electrons. The molecular weight excluding hydrogens is 388 g/mol. The van der Waals surface area contributed by atoms with Crippen LogP contribution >= 0.6 is 23.1 Å². The van der Waals surface area contributed by atoms with Crippen LogP contribution in [0.25, 0.3) is 10.2 Å². The van der Waals surface area contributed by atoms with Crippen molar-refractivity contribution in [2.24, 2.45) is 4.99 Å². The molecule has 0 saturated carbocycles. The minimum atomic E-state index is -0.122. The fraction of sp³-hybridized carbons (Fsp3) is 0.364. The van der Waals surface area contributed by atoms with Crippen LogP contribution in [0.4, 0.5) is 0 Å². The van der Waals surface area contributed by atoms with Gasteiger partial charge < -0.3 is 9.30 Å². The molecule has 1 heterocycles. The summed E-state index contributed by atoms with van der Waals surface area (Å²) in [6, 6.07) is 10.2. The molecule has 2 aromatic carbocycles. The van der Waals surface area contributed by atoms with Gasteiger partial charge in [0.1, 0.15) is 5.75 Å². The lowest BCUT2D eigenvalue weighted by molar-refractivity contribution is -0.117. The van der Waals surface area contributed by atoms with Crippen LogP contribution in [0, 0.1) is 20.8 Å². The average Bonchev–Trinajstić information content (AvgIpc) is 2.97. The lowest BCUT2D eigenvalue weighted by atomic mass is 10.1. The molecule has 6 heteroatoms. The number of ether oxygens (including phenoxy) is 1. The first-order valence-electron chi connectivity index (χ1n) is 9.23. The van der Waals surface area contributed by atoms with E-state index in [1.54, 1.807) is 30.2 Å². The molecule has 1 aromatic heterocycles. The van der Waals surface area contributed by atoms with Crippen LogP contribution in [-0.4, -0.2) is 29.6 Å². The molecule has 0 spiro atoms. The van der Waals surface area contributed by atoms with E-state index in [9.17, 15) is 4.79 Å². The van der Waals surface area contributed by atoms with Crippen LogP contribution in [0.1, 0.15) is 22.3 Å². The van der Waals surface area contributed by atoms with Crippen LogP contribution in [-0.2, 0) is 17.8 Å². The topological polar surface area (TPSA) is 43.6 Å². The summed E-state index contributed by atoms with van der Waals surface area (Å²) in [4.78, 5) is 18.0. The van der Waals surface area contributed by atoms with Crippen molar-refractivity contribution in [1.29, 1.82) is 0 Å². The molecule has 0 unspecified atom stereocenters. The zero-order chi connectivity index (χ0) is 20.3. The fourth-order valence-corrected chi connectivity index (χ4v) is 4.86. The maximum absolute atomic E-state index is 12.7. The van der Waals surface area contributed by atoms with E-state index in [-0.39, 0.29) is 5.91 Å². The van der Waals surface area contributed by atoms with Crippen molar-refractivity contribution in [3.05, 3.63) is 57.4 Å². The lowest BCUT2D eigenvalue weighted by Crippen LogP contribution is -2.18. The summed E-state index contributed by atoms with van der Waals surface area (Å²) in [7, 11) is 1.65. The van der Waals surface area contributed by atoms with Crippen molar-refractivity contribution in [3.8, 4) is 5.75 Å². The van der Waals surface area contributed by atoms with E-state index in [0.717, 1.165) is 34.0 Å². The Morgan fingerprint density at radius 3 is 2.64 bits per heavy atom. The van der Waals surface area contributed by atoms with Gasteiger partial charge in [-0.1, -0.05) is 29.5 Å². The van der Waals surface area contributed by atoms with Gasteiger partial charge in [0.05, 0.1) is 23.7 Å². The summed E-state index contributed by atoms with van der Waals surface area (Å²) in [6.07, 6.45) is 2.39. The molecule has 0 N–H and O–H groups in total. The third-order valence-corrected chi connectivity index (χ3v) is 6.49. The van der Waals surface area contributed by atoms with Gasteiger partial charge in [-0.3, -0.25) is 4.79 Å². The number of hydrogen-bond acceptors (Lipinski definition) is 4. The molecule has 0 aliphatic rings. The number of aromatic nitrogens is 1. The largest absolute Gasteiger partial charge is 0.496 e. The number of hydrogen-bond donors (Lipinski definition) is 0. The second-order valence-electron chi connectivity index (χ2n) is 6.95. The molecule has 0 saturated heterocycles. The van der Waals surface area contributed by atoms with Crippen molar-refractivity contribution in [2.45, 2.75) is 33.7 Å². The average molecular weight is 415 g/mol. The van der Waals surface area contributed by atoms with Crippen LogP contribution < -0.4 is 9.54 Å². The second-order valence-corrected chi connectivity index (χ2v) is 8.91. The summed E-state index contributed by atoms with van der Waals surface area (Å²) in [5.74, 6) is 1.69. The monoisotopic (exact) mass is 414 g/mol. The van der Waals surface area contributed by atoms with Gasteiger partial charge in [-0.25, -0.2) is 0 Å². The van der Waals surface area contributed by atoms with E-state index >= 15 is 0 Å². The predicted octanol–water partition coefficient (Wildman–Crippen LogP) is 4.67. The minimum absolute atomic E-state index is 0.122. The zero-order valence-electron chi connectivity index (χ0n) is 17.0. The van der Waals surface area contributed by atoms with Crippen molar-refractivity contribution in [1.82, 2.24) is 4.57 Å². The predicted molar refractivity (Wildman–Crippen MR) is 120 cm³/mol. The van der Waals surface area contributed by atoms with Crippen molar-refractivity contribution in [3.63, 3.8) is 0 Å². The number of thioether (sulfide) groups is 1. The Morgan fingerprint density at radius 2 is 1.96 bits per heavy atom. The van der Waals surface area contributed by atoms with E-state index in [1.165, 1.54) is 21.3 Å². The zero-order valence-corrected chi connectivity index (χ0v) is 18.7. The van der Waals surface area contributed by atoms with Gasteiger partial charge in [-0.05, 0) is 61.4 Å². The number of nitrogens with zero attached hydrogens (tertiary/aromatic N) is 2. The number of carbonyl (C=O) groups is 1. The molecule has 0 fully saturated rings. The summed E-state index contributed by atoms with van der Waals surface area (Å²) < 4.78 is 8.69. The fourth-order valence-electron chi connectivity index (χ4n) is 3.37. The lowest BCUT2D eigenvalue weighted by Gasteiger charge is -2.06. The molecule has 0 atom stereocenters. The third-order valence-electron chi connectivity index (χ3n) is 4.67. The number of carbonyl (C=O) groups excluding carboxylic acids is 1. The first-order valence-corrected chi connectivity index (χ1v) is 11.4. The molecule has 3 aromatic rings. The summed E-state index contributed by atoms with van der Waals surface area (Å²) in [6.45, 7) is 7.06. The van der Waals surface area contributed by atoms with E-state index < -0.39 is 0 Å². The Labute approximate surface area is 174 Å². The van der Waals surface area contributed by atoms with E-state index in [1.807, 2.05) is 25.1 Å². The number of aryl methyl sites for hydroxylation is 4. The second kappa shape index (κ2) is 8.97. The van der Waals surface area contributed by atoms with Crippen molar-refractivity contribution in [2.75, 3.05) is 19.1 Å². The third kappa shape index (κ3) is 4.50. The highest BCUT2D eigenvalue weighted by Crippen LogP contribution is 2.24. The number of thiazole rings is 1. The molecule has 3 rings (SSSR count). The van der Waals surface area contributed by atoms with Gasteiger partial charge in [0, 0.05) is 12.3 Å². The maximum Gasteiger partial charge on any atom is 0.252 e. The standard InChI is InChI=1S/C22H26N2O2S2/c1-14-10-16(3)21-18(11-14)24(8-9-27-5)22(28-21)23-20(25)13-17-6-7-19(26-4)15(2)12-17/h6-7,10-12H,8-9,13H2,1-5H3. The van der Waals surface area contributed by atoms with E-state index in [2.05, 4.69) is 41.8 Å². The van der Waals surface area contributed by atoms with Crippen LogP contribution in [0.5, 0.6) is 5.75 Å².